The monoisotopic (exact) mass is 291 g/mol. The lowest BCUT2D eigenvalue weighted by molar-refractivity contribution is -0.122. The van der Waals surface area contributed by atoms with Crippen molar-refractivity contribution < 1.29 is 9.59 Å². The summed E-state index contributed by atoms with van der Waals surface area (Å²) in [5.74, 6) is 0.301. The van der Waals surface area contributed by atoms with Gasteiger partial charge >= 0.3 is 0 Å². The van der Waals surface area contributed by atoms with E-state index >= 15 is 0 Å². The molecule has 0 heterocycles. The second kappa shape index (κ2) is 9.13. The summed E-state index contributed by atoms with van der Waals surface area (Å²) in [4.78, 5) is 23.4. The van der Waals surface area contributed by atoms with Crippen molar-refractivity contribution in [2.75, 3.05) is 13.1 Å². The number of carbonyl (C=O) groups is 2. The molecule has 0 unspecified atom stereocenters. The van der Waals surface area contributed by atoms with Crippen molar-refractivity contribution in [1.82, 2.24) is 10.6 Å². The Labute approximate surface area is 126 Å². The van der Waals surface area contributed by atoms with Gasteiger partial charge < -0.3 is 16.4 Å². The highest BCUT2D eigenvalue weighted by atomic mass is 16.2. The van der Waals surface area contributed by atoms with Crippen LogP contribution in [-0.2, 0) is 22.6 Å². The first kappa shape index (κ1) is 17.2. The number of rotatable bonds is 8. The fourth-order valence-corrected chi connectivity index (χ4v) is 1.89. The summed E-state index contributed by atoms with van der Waals surface area (Å²) in [6.07, 6.45) is 0.595. The Hall–Kier alpha value is -1.88. The first-order chi connectivity index (χ1) is 10.0. The molecule has 0 fully saturated rings. The molecule has 0 atom stereocenters. The highest BCUT2D eigenvalue weighted by Gasteiger charge is 2.08. The SMILES string of the molecule is CC(C)CNC(=O)CCNC(=O)Cc1ccccc1CN. The second-order valence-electron chi connectivity index (χ2n) is 5.45. The maximum absolute atomic E-state index is 11.8. The summed E-state index contributed by atoms with van der Waals surface area (Å²) in [6.45, 7) is 5.51. The average Bonchev–Trinajstić information content (AvgIpc) is 2.45. The van der Waals surface area contributed by atoms with E-state index in [1.807, 2.05) is 38.1 Å². The molecule has 2 amide bonds. The Kier molecular flexibility index (Phi) is 7.46. The molecule has 21 heavy (non-hydrogen) atoms. The molecule has 1 aromatic carbocycles. The van der Waals surface area contributed by atoms with Gasteiger partial charge in [-0.15, -0.1) is 0 Å². The largest absolute Gasteiger partial charge is 0.356 e. The third-order valence-electron chi connectivity index (χ3n) is 3.07. The topological polar surface area (TPSA) is 84.2 Å². The number of nitrogens with one attached hydrogen (secondary N) is 2. The third kappa shape index (κ3) is 6.90. The molecule has 5 heteroatoms. The lowest BCUT2D eigenvalue weighted by Crippen LogP contribution is -2.33. The van der Waals surface area contributed by atoms with Crippen LogP contribution in [0.4, 0.5) is 0 Å². The Morgan fingerprint density at radius 1 is 1.10 bits per heavy atom. The van der Waals surface area contributed by atoms with E-state index in [9.17, 15) is 9.59 Å². The summed E-state index contributed by atoms with van der Waals surface area (Å²) < 4.78 is 0. The molecule has 0 aliphatic heterocycles. The molecule has 4 N–H and O–H groups in total. The van der Waals surface area contributed by atoms with Crippen LogP contribution in [0, 0.1) is 5.92 Å². The smallest absolute Gasteiger partial charge is 0.224 e. The summed E-state index contributed by atoms with van der Waals surface area (Å²) >= 11 is 0. The molecular formula is C16H25N3O2. The molecule has 0 radical (unpaired) electrons. The van der Waals surface area contributed by atoms with Crippen LogP contribution in [0.15, 0.2) is 24.3 Å². The summed E-state index contributed by atoms with van der Waals surface area (Å²) in [5, 5.41) is 5.58. The van der Waals surface area contributed by atoms with Crippen molar-refractivity contribution in [3.05, 3.63) is 35.4 Å². The van der Waals surface area contributed by atoms with Gasteiger partial charge in [0.2, 0.25) is 11.8 Å². The van der Waals surface area contributed by atoms with E-state index in [0.717, 1.165) is 11.1 Å². The minimum Gasteiger partial charge on any atom is -0.356 e. The molecule has 0 saturated carbocycles. The van der Waals surface area contributed by atoms with Crippen LogP contribution in [0.2, 0.25) is 0 Å². The Balaban J connectivity index is 2.30. The highest BCUT2D eigenvalue weighted by Crippen LogP contribution is 2.08. The van der Waals surface area contributed by atoms with Crippen LogP contribution < -0.4 is 16.4 Å². The minimum atomic E-state index is -0.0902. The van der Waals surface area contributed by atoms with E-state index in [0.29, 0.717) is 38.4 Å². The van der Waals surface area contributed by atoms with Crippen LogP contribution in [0.3, 0.4) is 0 Å². The predicted octanol–water partition coefficient (Wildman–Crippen LogP) is 0.966. The molecule has 5 nitrogen and oxygen atoms in total. The van der Waals surface area contributed by atoms with Gasteiger partial charge in [0.15, 0.2) is 0 Å². The zero-order chi connectivity index (χ0) is 15.7. The molecular weight excluding hydrogens is 266 g/mol. The molecule has 0 bridgehead atoms. The minimum absolute atomic E-state index is 0.0358. The van der Waals surface area contributed by atoms with Gasteiger partial charge in [0.1, 0.15) is 0 Å². The average molecular weight is 291 g/mol. The van der Waals surface area contributed by atoms with Crippen molar-refractivity contribution in [1.29, 1.82) is 0 Å². The third-order valence-corrected chi connectivity index (χ3v) is 3.07. The second-order valence-corrected chi connectivity index (χ2v) is 5.45. The van der Waals surface area contributed by atoms with Gasteiger partial charge in [-0.3, -0.25) is 9.59 Å². The Morgan fingerprint density at radius 3 is 2.38 bits per heavy atom. The maximum Gasteiger partial charge on any atom is 0.224 e. The number of hydrogen-bond donors (Lipinski definition) is 3. The number of nitrogens with two attached hydrogens (primary N) is 1. The molecule has 0 aromatic heterocycles. The van der Waals surface area contributed by atoms with Gasteiger partial charge in [-0.1, -0.05) is 38.1 Å². The zero-order valence-electron chi connectivity index (χ0n) is 12.8. The van der Waals surface area contributed by atoms with E-state index in [-0.39, 0.29) is 11.8 Å². The standard InChI is InChI=1S/C16H25N3O2/c1-12(2)11-19-15(20)7-8-18-16(21)9-13-5-3-4-6-14(13)10-17/h3-6,12H,7-11,17H2,1-2H3,(H,18,21)(H,19,20). The van der Waals surface area contributed by atoms with E-state index in [1.54, 1.807) is 0 Å². The van der Waals surface area contributed by atoms with E-state index in [2.05, 4.69) is 10.6 Å². The first-order valence-electron chi connectivity index (χ1n) is 7.33. The fourth-order valence-electron chi connectivity index (χ4n) is 1.89. The normalized spacial score (nSPS) is 10.5. The Morgan fingerprint density at radius 2 is 1.76 bits per heavy atom. The van der Waals surface area contributed by atoms with Crippen molar-refractivity contribution >= 4 is 11.8 Å². The maximum atomic E-state index is 11.8. The molecule has 0 spiro atoms. The van der Waals surface area contributed by atoms with Crippen LogP contribution in [-0.4, -0.2) is 24.9 Å². The summed E-state index contributed by atoms with van der Waals surface area (Å²) in [5.41, 5.74) is 7.55. The molecule has 1 rings (SSSR count). The summed E-state index contributed by atoms with van der Waals surface area (Å²) in [6, 6.07) is 7.61. The predicted molar refractivity (Wildman–Crippen MR) is 83.5 cm³/mol. The van der Waals surface area contributed by atoms with Crippen LogP contribution in [0.25, 0.3) is 0 Å². The van der Waals surface area contributed by atoms with Gasteiger partial charge in [-0.2, -0.15) is 0 Å². The molecule has 0 saturated heterocycles. The van der Waals surface area contributed by atoms with Crippen LogP contribution >= 0.6 is 0 Å². The fraction of sp³-hybridized carbons (Fsp3) is 0.500. The van der Waals surface area contributed by atoms with Crippen LogP contribution in [0.5, 0.6) is 0 Å². The zero-order valence-corrected chi connectivity index (χ0v) is 12.8. The number of carbonyl (C=O) groups excluding carboxylic acids is 2. The lowest BCUT2D eigenvalue weighted by Gasteiger charge is -2.09. The number of hydrogen-bond acceptors (Lipinski definition) is 3. The van der Waals surface area contributed by atoms with Gasteiger partial charge in [0.25, 0.3) is 0 Å². The molecule has 1 aromatic rings. The van der Waals surface area contributed by atoms with Crippen molar-refractivity contribution in [3.8, 4) is 0 Å². The van der Waals surface area contributed by atoms with Crippen molar-refractivity contribution in [2.24, 2.45) is 11.7 Å². The van der Waals surface area contributed by atoms with E-state index in [1.165, 1.54) is 0 Å². The number of amides is 2. The quantitative estimate of drug-likeness (QED) is 0.667. The lowest BCUT2D eigenvalue weighted by atomic mass is 10.0. The molecule has 0 aliphatic carbocycles. The van der Waals surface area contributed by atoms with E-state index < -0.39 is 0 Å². The number of benzene rings is 1. The van der Waals surface area contributed by atoms with Gasteiger partial charge in [-0.25, -0.2) is 0 Å². The Bertz CT molecular complexity index is 472. The molecule has 0 aliphatic rings. The highest BCUT2D eigenvalue weighted by molar-refractivity contribution is 5.80. The van der Waals surface area contributed by atoms with Crippen molar-refractivity contribution in [2.45, 2.75) is 33.2 Å². The summed E-state index contributed by atoms with van der Waals surface area (Å²) in [7, 11) is 0. The van der Waals surface area contributed by atoms with Gasteiger partial charge in [0, 0.05) is 26.1 Å². The van der Waals surface area contributed by atoms with Crippen LogP contribution in [0.1, 0.15) is 31.4 Å². The molecule has 116 valence electrons. The van der Waals surface area contributed by atoms with Gasteiger partial charge in [-0.05, 0) is 17.0 Å². The van der Waals surface area contributed by atoms with Gasteiger partial charge in [0.05, 0.1) is 6.42 Å². The first-order valence-corrected chi connectivity index (χ1v) is 7.33. The van der Waals surface area contributed by atoms with Crippen molar-refractivity contribution in [3.63, 3.8) is 0 Å². The van der Waals surface area contributed by atoms with E-state index in [4.69, 9.17) is 5.73 Å².